The second-order valence-electron chi connectivity index (χ2n) is 11.1. The van der Waals surface area contributed by atoms with Crippen molar-refractivity contribution in [2.75, 3.05) is 0 Å². The van der Waals surface area contributed by atoms with Crippen molar-refractivity contribution in [3.63, 3.8) is 0 Å². The number of nitrogens with zero attached hydrogens (tertiary/aromatic N) is 4. The molecule has 0 amide bonds. The molecule has 0 aliphatic rings. The minimum atomic E-state index is -4.86. The van der Waals surface area contributed by atoms with Gasteiger partial charge in [0.15, 0.2) is 5.69 Å². The summed E-state index contributed by atoms with van der Waals surface area (Å²) in [6, 6.07) is 5.77. The lowest BCUT2D eigenvalue weighted by Gasteiger charge is -2.15. The molecule has 0 N–H and O–H groups in total. The average molecular weight is 834 g/mol. The van der Waals surface area contributed by atoms with Crippen LogP contribution in [0.5, 0.6) is 0 Å². The summed E-state index contributed by atoms with van der Waals surface area (Å²) < 4.78 is 103. The molecule has 0 saturated carbocycles. The number of aromatic nitrogens is 4. The Hall–Kier alpha value is -4.16. The zero-order valence-electron chi connectivity index (χ0n) is 27.1. The Morgan fingerprint density at radius 2 is 1.35 bits per heavy atom. The number of hydrogen-bond acceptors (Lipinski definition) is 7. The smallest absolute Gasteiger partial charge is 0.434 e. The van der Waals surface area contributed by atoms with Gasteiger partial charge in [-0.15, -0.1) is 0 Å². The predicted molar refractivity (Wildman–Crippen MR) is 175 cm³/mol. The van der Waals surface area contributed by atoms with Gasteiger partial charge in [0, 0.05) is 25.7 Å². The second-order valence-corrected chi connectivity index (χ2v) is 12.7. The summed E-state index contributed by atoms with van der Waals surface area (Å²) in [5.41, 5.74) is -5.86. The Balaban J connectivity index is 0.000000276. The van der Waals surface area contributed by atoms with Gasteiger partial charge in [0.05, 0.1) is 43.5 Å². The quantitative estimate of drug-likeness (QED) is 0.143. The largest absolute Gasteiger partial charge is 0.459 e. The van der Waals surface area contributed by atoms with Gasteiger partial charge in [-0.05, 0) is 74.0 Å². The molecule has 2 aromatic carbocycles. The standard InChI is InChI=1S/C16H14ClF3N2O4.C15H12BrClF4N2O2/c1-8(2)26-14(24)10-6-9(4-5-11(10)17)22-13(23)7-12(16(18,19)20)21(3)15(22)25;1-6(2)25-14(24)7-4-8(10(18)5-9(7)17)12-11(16)13(15(19,20)21)23(3)22-12/h4-8H,1-3H3;4-6H,1-3H3. The molecule has 0 spiro atoms. The van der Waals surface area contributed by atoms with Gasteiger partial charge in [-0.2, -0.15) is 31.4 Å². The fraction of sp³-hybridized carbons (Fsp3) is 0.323. The summed E-state index contributed by atoms with van der Waals surface area (Å²) in [5.74, 6) is -2.52. The molecule has 0 radical (unpaired) electrons. The van der Waals surface area contributed by atoms with E-state index in [0.29, 0.717) is 19.9 Å². The van der Waals surface area contributed by atoms with E-state index in [2.05, 4.69) is 21.0 Å². The Bertz CT molecular complexity index is 2110. The maximum atomic E-state index is 14.3. The first-order valence-electron chi connectivity index (χ1n) is 14.3. The van der Waals surface area contributed by atoms with Crippen molar-refractivity contribution < 1.29 is 49.8 Å². The molecule has 4 aromatic rings. The number of alkyl halides is 6. The molecule has 2 heterocycles. The molecule has 0 bridgehead atoms. The van der Waals surface area contributed by atoms with Crippen LogP contribution >= 0.6 is 39.1 Å². The van der Waals surface area contributed by atoms with E-state index in [1.54, 1.807) is 27.7 Å². The van der Waals surface area contributed by atoms with E-state index in [1.165, 1.54) is 12.1 Å². The number of carbonyl (C=O) groups is 2. The van der Waals surface area contributed by atoms with E-state index in [1.807, 2.05) is 0 Å². The van der Waals surface area contributed by atoms with Crippen LogP contribution in [0.4, 0.5) is 30.7 Å². The number of carbonyl (C=O) groups excluding carboxylic acids is 2. The molecule has 4 rings (SSSR count). The minimum absolute atomic E-state index is 0.0104. The van der Waals surface area contributed by atoms with E-state index < -0.39 is 69.4 Å². The van der Waals surface area contributed by atoms with Crippen LogP contribution in [0.25, 0.3) is 16.9 Å². The number of hydrogen-bond donors (Lipinski definition) is 0. The molecule has 20 heteroatoms. The average Bonchev–Trinajstić information content (AvgIpc) is 3.28. The molecule has 276 valence electrons. The van der Waals surface area contributed by atoms with Crippen LogP contribution in [-0.4, -0.2) is 43.1 Å². The fourth-order valence-electron chi connectivity index (χ4n) is 4.36. The van der Waals surface area contributed by atoms with Crippen LogP contribution in [0.3, 0.4) is 0 Å². The number of esters is 2. The van der Waals surface area contributed by atoms with Crippen molar-refractivity contribution in [3.8, 4) is 16.9 Å². The van der Waals surface area contributed by atoms with E-state index in [0.717, 1.165) is 32.3 Å². The molecular formula is C31H26BrCl2F7N4O6. The normalized spacial score (nSPS) is 11.8. The van der Waals surface area contributed by atoms with E-state index in [9.17, 15) is 49.9 Å². The monoisotopic (exact) mass is 832 g/mol. The highest BCUT2D eigenvalue weighted by Gasteiger charge is 2.39. The number of benzene rings is 2. The summed E-state index contributed by atoms with van der Waals surface area (Å²) in [5, 5.41) is 3.51. The Labute approximate surface area is 302 Å². The molecule has 51 heavy (non-hydrogen) atoms. The van der Waals surface area contributed by atoms with Gasteiger partial charge in [-0.1, -0.05) is 23.2 Å². The highest BCUT2D eigenvalue weighted by Crippen LogP contribution is 2.41. The molecule has 0 fully saturated rings. The molecule has 0 aliphatic carbocycles. The first-order valence-corrected chi connectivity index (χ1v) is 15.8. The van der Waals surface area contributed by atoms with Crippen molar-refractivity contribution in [1.29, 1.82) is 0 Å². The summed E-state index contributed by atoms with van der Waals surface area (Å²) in [6.45, 7) is 6.46. The van der Waals surface area contributed by atoms with Crippen LogP contribution in [-0.2, 0) is 35.9 Å². The summed E-state index contributed by atoms with van der Waals surface area (Å²) >= 11 is 14.6. The lowest BCUT2D eigenvalue weighted by atomic mass is 10.1. The first-order chi connectivity index (χ1) is 23.4. The third-order valence-electron chi connectivity index (χ3n) is 6.51. The van der Waals surface area contributed by atoms with Gasteiger partial charge < -0.3 is 9.47 Å². The van der Waals surface area contributed by atoms with E-state index in [-0.39, 0.29) is 38.1 Å². The second kappa shape index (κ2) is 15.6. The van der Waals surface area contributed by atoms with Crippen molar-refractivity contribution >= 4 is 51.1 Å². The Kier molecular flexibility index (Phi) is 12.6. The summed E-state index contributed by atoms with van der Waals surface area (Å²) in [7, 11) is 1.98. The van der Waals surface area contributed by atoms with Crippen LogP contribution < -0.4 is 11.2 Å². The molecular weight excluding hydrogens is 808 g/mol. The third-order valence-corrected chi connectivity index (χ3v) is 7.91. The Morgan fingerprint density at radius 1 is 0.824 bits per heavy atom. The van der Waals surface area contributed by atoms with Crippen LogP contribution in [0, 0.1) is 5.82 Å². The summed E-state index contributed by atoms with van der Waals surface area (Å²) in [6.07, 6.45) is -10.4. The van der Waals surface area contributed by atoms with Crippen molar-refractivity contribution in [2.24, 2.45) is 14.1 Å². The van der Waals surface area contributed by atoms with Crippen molar-refractivity contribution in [3.05, 3.63) is 100 Å². The topological polar surface area (TPSA) is 114 Å². The fourth-order valence-corrected chi connectivity index (χ4v) is 5.56. The minimum Gasteiger partial charge on any atom is -0.459 e. The number of aryl methyl sites for hydroxylation is 1. The zero-order chi connectivity index (χ0) is 38.9. The highest BCUT2D eigenvalue weighted by molar-refractivity contribution is 9.10. The highest BCUT2D eigenvalue weighted by atomic mass is 79.9. The third kappa shape index (κ3) is 9.39. The van der Waals surface area contributed by atoms with Gasteiger partial charge in [0.1, 0.15) is 17.2 Å². The lowest BCUT2D eigenvalue weighted by molar-refractivity contribution is -0.145. The lowest BCUT2D eigenvalue weighted by Crippen LogP contribution is -2.40. The van der Waals surface area contributed by atoms with Crippen molar-refractivity contribution in [1.82, 2.24) is 18.9 Å². The van der Waals surface area contributed by atoms with Crippen molar-refractivity contribution in [2.45, 2.75) is 52.3 Å². The van der Waals surface area contributed by atoms with Crippen LogP contribution in [0.15, 0.2) is 50.5 Å². The van der Waals surface area contributed by atoms with Gasteiger partial charge in [0.25, 0.3) is 5.56 Å². The molecule has 2 aromatic heterocycles. The zero-order valence-corrected chi connectivity index (χ0v) is 30.2. The molecule has 0 aliphatic heterocycles. The maximum absolute atomic E-state index is 14.3. The molecule has 0 atom stereocenters. The number of halogens is 10. The van der Waals surface area contributed by atoms with E-state index >= 15 is 0 Å². The van der Waals surface area contributed by atoms with Gasteiger partial charge in [-0.25, -0.2) is 23.3 Å². The van der Waals surface area contributed by atoms with E-state index in [4.69, 9.17) is 32.7 Å². The molecule has 10 nitrogen and oxygen atoms in total. The SMILES string of the molecule is CC(C)OC(=O)c1cc(-c2nn(C)c(C(F)(F)F)c2Br)c(F)cc1Cl.CC(C)OC(=O)c1cc(-n2c(=O)cc(C(F)(F)F)n(C)c2=O)ccc1Cl. The van der Waals surface area contributed by atoms with Gasteiger partial charge in [-0.3, -0.25) is 14.0 Å². The van der Waals surface area contributed by atoms with Gasteiger partial charge >= 0.3 is 30.0 Å². The number of rotatable bonds is 6. The predicted octanol–water partition coefficient (Wildman–Crippen LogP) is 8.00. The Morgan fingerprint density at radius 3 is 1.82 bits per heavy atom. The van der Waals surface area contributed by atoms with Gasteiger partial charge in [0.2, 0.25) is 0 Å². The van der Waals surface area contributed by atoms with Crippen LogP contribution in [0.1, 0.15) is 59.8 Å². The first kappa shape index (κ1) is 41.3. The van der Waals surface area contributed by atoms with Crippen LogP contribution in [0.2, 0.25) is 10.0 Å². The summed E-state index contributed by atoms with van der Waals surface area (Å²) in [4.78, 5) is 48.5. The maximum Gasteiger partial charge on any atom is 0.434 e. The molecule has 0 saturated heterocycles. The number of ether oxygens (including phenoxy) is 2. The molecule has 0 unspecified atom stereocenters.